The van der Waals surface area contributed by atoms with Gasteiger partial charge in [-0.15, -0.1) is 0 Å². The highest BCUT2D eigenvalue weighted by molar-refractivity contribution is 5.96. The van der Waals surface area contributed by atoms with Crippen LogP contribution in [0.25, 0.3) is 0 Å². The zero-order chi connectivity index (χ0) is 36.7. The fourth-order valence-corrected chi connectivity index (χ4v) is 12.6. The van der Waals surface area contributed by atoms with Crippen LogP contribution in [0.4, 0.5) is 0 Å². The molecule has 0 aromatic carbocycles. The Kier molecular flexibility index (Phi) is 9.90. The number of aliphatic carboxylic acids is 1. The molecule has 2 N–H and O–H groups in total. The topological polar surface area (TPSA) is 163 Å². The molecule has 4 saturated carbocycles. The van der Waals surface area contributed by atoms with Crippen LogP contribution in [0.5, 0.6) is 0 Å². The molecule has 0 aromatic heterocycles. The number of carbonyl (C=O) groups excluding carboxylic acids is 4. The molecule has 3 heterocycles. The van der Waals surface area contributed by atoms with Crippen LogP contribution in [0.3, 0.4) is 0 Å². The second-order valence-corrected chi connectivity index (χ2v) is 18.5. The van der Waals surface area contributed by atoms with E-state index in [4.69, 9.17) is 18.9 Å². The van der Waals surface area contributed by atoms with Crippen molar-refractivity contribution in [1.29, 1.82) is 0 Å². The minimum absolute atomic E-state index is 0.000194. The van der Waals surface area contributed by atoms with Crippen LogP contribution in [0.2, 0.25) is 0 Å². The molecule has 11 heteroatoms. The Morgan fingerprint density at radius 3 is 2.16 bits per heavy atom. The van der Waals surface area contributed by atoms with Crippen LogP contribution in [0.15, 0.2) is 0 Å². The summed E-state index contributed by atoms with van der Waals surface area (Å²) in [6, 6.07) is 0. The van der Waals surface area contributed by atoms with E-state index in [0.29, 0.717) is 43.4 Å². The highest BCUT2D eigenvalue weighted by Crippen LogP contribution is 2.68. The van der Waals surface area contributed by atoms with Crippen LogP contribution >= 0.6 is 0 Å². The molecule has 3 aliphatic heterocycles. The van der Waals surface area contributed by atoms with Gasteiger partial charge in [-0.1, -0.05) is 20.8 Å². The average molecular weight is 715 g/mol. The quantitative estimate of drug-likeness (QED) is 0.158. The Labute approximate surface area is 301 Å². The van der Waals surface area contributed by atoms with Gasteiger partial charge in [-0.2, -0.15) is 0 Å². The predicted octanol–water partition coefficient (Wildman–Crippen LogP) is 5.05. The molecule has 0 spiro atoms. The van der Waals surface area contributed by atoms with Crippen molar-refractivity contribution in [2.75, 3.05) is 6.61 Å². The summed E-state index contributed by atoms with van der Waals surface area (Å²) < 4.78 is 23.0. The van der Waals surface area contributed by atoms with Crippen LogP contribution in [-0.4, -0.2) is 70.6 Å². The summed E-state index contributed by atoms with van der Waals surface area (Å²) in [5, 5.41) is 20.2. The lowest BCUT2D eigenvalue weighted by Gasteiger charge is -2.46. The zero-order valence-corrected chi connectivity index (χ0v) is 31.0. The van der Waals surface area contributed by atoms with Crippen LogP contribution in [-0.2, 0) is 42.9 Å². The fourth-order valence-electron chi connectivity index (χ4n) is 12.6. The van der Waals surface area contributed by atoms with Crippen LogP contribution < -0.4 is 0 Å². The van der Waals surface area contributed by atoms with Gasteiger partial charge in [0.1, 0.15) is 12.2 Å². The Morgan fingerprint density at radius 2 is 1.53 bits per heavy atom. The molecule has 7 aliphatic rings. The van der Waals surface area contributed by atoms with Gasteiger partial charge in [-0.3, -0.25) is 24.0 Å². The minimum atomic E-state index is -0.789. The summed E-state index contributed by atoms with van der Waals surface area (Å²) in [6.07, 6.45) is 5.62. The van der Waals surface area contributed by atoms with Gasteiger partial charge in [0.25, 0.3) is 0 Å². The minimum Gasteiger partial charge on any atom is -0.481 e. The van der Waals surface area contributed by atoms with E-state index in [0.717, 1.165) is 32.1 Å². The van der Waals surface area contributed by atoms with Gasteiger partial charge >= 0.3 is 29.8 Å². The molecule has 11 nitrogen and oxygen atoms in total. The second-order valence-electron chi connectivity index (χ2n) is 18.5. The maximum atomic E-state index is 13.7. The zero-order valence-electron chi connectivity index (χ0n) is 31.0. The van der Waals surface area contributed by atoms with Gasteiger partial charge in [0.2, 0.25) is 0 Å². The molecule has 51 heavy (non-hydrogen) atoms. The Bertz CT molecular complexity index is 1400. The third-order valence-corrected chi connectivity index (χ3v) is 14.9. The largest absolute Gasteiger partial charge is 0.481 e. The molecule has 284 valence electrons. The number of hydrogen-bond donors (Lipinski definition) is 2. The molecule has 7 fully saturated rings. The van der Waals surface area contributed by atoms with Crippen molar-refractivity contribution in [2.45, 2.75) is 123 Å². The molecule has 7 rings (SSSR count). The second kappa shape index (κ2) is 13.7. The normalized spacial score (nSPS) is 45.7. The van der Waals surface area contributed by atoms with Crippen molar-refractivity contribution in [3.8, 4) is 0 Å². The number of fused-ring (bicyclic) bond motifs is 6. The number of esters is 4. The first-order chi connectivity index (χ1) is 24.1. The van der Waals surface area contributed by atoms with E-state index < -0.39 is 47.4 Å². The van der Waals surface area contributed by atoms with Gasteiger partial charge in [0.05, 0.1) is 47.9 Å². The molecular formula is C40H58O11. The third kappa shape index (κ3) is 6.54. The molecule has 0 amide bonds. The summed E-state index contributed by atoms with van der Waals surface area (Å²) in [4.78, 5) is 64.7. The highest BCUT2D eigenvalue weighted by Gasteiger charge is 2.65. The number of aliphatic hydroxyl groups is 1. The lowest BCUT2D eigenvalue weighted by atomic mass is 9.58. The van der Waals surface area contributed by atoms with Crippen LogP contribution in [0.1, 0.15) is 99.3 Å². The van der Waals surface area contributed by atoms with Crippen molar-refractivity contribution < 1.29 is 53.1 Å². The summed E-state index contributed by atoms with van der Waals surface area (Å²) in [7, 11) is 0. The molecular weight excluding hydrogens is 656 g/mol. The predicted molar refractivity (Wildman–Crippen MR) is 181 cm³/mol. The third-order valence-electron chi connectivity index (χ3n) is 14.9. The summed E-state index contributed by atoms with van der Waals surface area (Å²) >= 11 is 0. The number of ether oxygens (including phenoxy) is 4. The molecule has 18 atom stereocenters. The molecule has 0 aromatic rings. The van der Waals surface area contributed by atoms with Crippen molar-refractivity contribution in [2.24, 2.45) is 88.8 Å². The summed E-state index contributed by atoms with van der Waals surface area (Å²) in [6.45, 7) is 11.5. The lowest BCUT2D eigenvalue weighted by Crippen LogP contribution is -2.45. The van der Waals surface area contributed by atoms with Gasteiger partial charge in [-0.25, -0.2) is 0 Å². The van der Waals surface area contributed by atoms with Crippen molar-refractivity contribution in [1.82, 2.24) is 0 Å². The first kappa shape index (κ1) is 36.8. The van der Waals surface area contributed by atoms with E-state index >= 15 is 0 Å². The van der Waals surface area contributed by atoms with Gasteiger partial charge in [-0.05, 0) is 138 Å². The maximum absolute atomic E-state index is 13.7. The van der Waals surface area contributed by atoms with Gasteiger partial charge in [0, 0.05) is 0 Å². The Morgan fingerprint density at radius 1 is 0.843 bits per heavy atom. The van der Waals surface area contributed by atoms with E-state index in [2.05, 4.69) is 6.92 Å². The SMILES string of the molecule is CCC(O)COC(=O)C1CC2OC1C(CCC1C3CC(C(=O)OC(C)(C)C)C(C3)C1C1C3CC(C(=O)O)C(C3)C1CC1C(=O)OC(=O)C1C)C2C. The first-order valence-corrected chi connectivity index (χ1v) is 19.8. The monoisotopic (exact) mass is 714 g/mol. The highest BCUT2D eigenvalue weighted by atomic mass is 16.6. The number of aliphatic hydroxyl groups excluding tert-OH is 1. The maximum Gasteiger partial charge on any atom is 0.317 e. The van der Waals surface area contributed by atoms with E-state index in [1.54, 1.807) is 6.92 Å². The van der Waals surface area contributed by atoms with E-state index in [9.17, 15) is 34.2 Å². The summed E-state index contributed by atoms with van der Waals surface area (Å²) in [5.74, 6) is -2.80. The standard InChI is InChI=1S/C40H58O11/c1-7-21(41)16-48-37(45)30-15-31-17(2)22(34(30)49-31)8-9-23-19-10-26(29(11-19)39(47)51-40(4,5)6)33(23)32-20-12-25(28(13-20)35(42)43)27(32)14-24-18(3)36(44)50-38(24)46/h17-34,41H,7-16H2,1-6H3,(H,42,43). The number of rotatable bonds is 12. The van der Waals surface area contributed by atoms with Gasteiger partial charge in [0.15, 0.2) is 0 Å². The molecule has 3 saturated heterocycles. The summed E-state index contributed by atoms with van der Waals surface area (Å²) in [5.41, 5.74) is -0.604. The number of carboxylic acid groups (broad SMARTS) is 1. The van der Waals surface area contributed by atoms with E-state index in [1.807, 2.05) is 27.7 Å². The van der Waals surface area contributed by atoms with Gasteiger partial charge < -0.3 is 29.2 Å². The smallest absolute Gasteiger partial charge is 0.317 e. The number of hydrogen-bond acceptors (Lipinski definition) is 10. The molecule has 18 unspecified atom stereocenters. The Hall–Kier alpha value is -2.53. The van der Waals surface area contributed by atoms with Crippen molar-refractivity contribution >= 4 is 29.8 Å². The van der Waals surface area contributed by atoms with E-state index in [-0.39, 0.29) is 84.0 Å². The number of cyclic esters (lactones) is 2. The fraction of sp³-hybridized carbons (Fsp3) is 0.875. The molecule has 4 aliphatic carbocycles. The first-order valence-electron chi connectivity index (χ1n) is 19.8. The van der Waals surface area contributed by atoms with Crippen molar-refractivity contribution in [3.05, 3.63) is 0 Å². The van der Waals surface area contributed by atoms with E-state index in [1.165, 1.54) is 0 Å². The van der Waals surface area contributed by atoms with Crippen molar-refractivity contribution in [3.63, 3.8) is 0 Å². The average Bonchev–Trinajstić information content (AvgIpc) is 3.92. The lowest BCUT2D eigenvalue weighted by molar-refractivity contribution is -0.164. The number of carbonyl (C=O) groups is 5. The van der Waals surface area contributed by atoms with Crippen LogP contribution in [0, 0.1) is 88.8 Å². The number of carboxylic acids is 1. The Balaban J connectivity index is 1.14. The molecule has 0 radical (unpaired) electrons. The molecule has 6 bridgehead atoms.